The van der Waals surface area contributed by atoms with Crippen LogP contribution < -0.4 is 10.9 Å². The van der Waals surface area contributed by atoms with E-state index in [2.05, 4.69) is 10.3 Å². The maximum Gasteiger partial charge on any atom is 0.346 e. The highest BCUT2D eigenvalue weighted by molar-refractivity contribution is 7.20. The smallest absolute Gasteiger partial charge is 0.346 e. The monoisotopic (exact) mass is 295 g/mol. The van der Waals surface area contributed by atoms with E-state index in [0.29, 0.717) is 16.9 Å². The maximum absolute atomic E-state index is 12.3. The highest BCUT2D eigenvalue weighted by Gasteiger charge is 2.19. The minimum atomic E-state index is -1.08. The van der Waals surface area contributed by atoms with Crippen LogP contribution in [0.15, 0.2) is 11.1 Å². The van der Waals surface area contributed by atoms with Crippen LogP contribution in [0, 0.1) is 6.92 Å². The molecule has 8 heteroatoms. The van der Waals surface area contributed by atoms with E-state index in [4.69, 9.17) is 5.11 Å². The van der Waals surface area contributed by atoms with Crippen LogP contribution in [0.4, 0.5) is 0 Å². The number of carboxylic acids is 1. The minimum Gasteiger partial charge on any atom is -0.477 e. The van der Waals surface area contributed by atoms with Crippen molar-refractivity contribution in [3.63, 3.8) is 0 Å². The molecule has 0 spiro atoms. The number of aryl methyl sites for hydroxylation is 1. The molecule has 2 rings (SSSR count). The standard InChI is InChI=1S/C12H13N3O4S/c1-3-13-7(16)4-15-5-14-10-8(11(15)17)6(2)9(20-10)12(18)19/h5H,3-4H2,1-2H3,(H,13,16)(H,18,19). The number of carboxylic acid groups (broad SMARTS) is 1. The van der Waals surface area contributed by atoms with E-state index >= 15 is 0 Å². The van der Waals surface area contributed by atoms with E-state index in [9.17, 15) is 14.4 Å². The van der Waals surface area contributed by atoms with Crippen LogP contribution in [0.3, 0.4) is 0 Å². The molecule has 0 radical (unpaired) electrons. The molecular weight excluding hydrogens is 282 g/mol. The zero-order chi connectivity index (χ0) is 14.9. The second kappa shape index (κ2) is 5.41. The number of aromatic nitrogens is 2. The molecule has 2 aromatic heterocycles. The van der Waals surface area contributed by atoms with Crippen LogP contribution in [0.2, 0.25) is 0 Å². The number of aromatic carboxylic acids is 1. The van der Waals surface area contributed by atoms with Crippen LogP contribution in [0.1, 0.15) is 22.2 Å². The topological polar surface area (TPSA) is 101 Å². The van der Waals surface area contributed by atoms with Crippen molar-refractivity contribution < 1.29 is 14.7 Å². The third-order valence-electron chi connectivity index (χ3n) is 2.80. The lowest BCUT2D eigenvalue weighted by atomic mass is 10.2. The van der Waals surface area contributed by atoms with Crippen molar-refractivity contribution in [2.24, 2.45) is 0 Å². The lowest BCUT2D eigenvalue weighted by Crippen LogP contribution is -2.32. The summed E-state index contributed by atoms with van der Waals surface area (Å²) in [4.78, 5) is 39.4. The summed E-state index contributed by atoms with van der Waals surface area (Å²) in [5, 5.41) is 11.9. The Morgan fingerprint density at radius 3 is 2.80 bits per heavy atom. The lowest BCUT2D eigenvalue weighted by molar-refractivity contribution is -0.121. The van der Waals surface area contributed by atoms with Gasteiger partial charge in [-0.2, -0.15) is 0 Å². The first-order valence-electron chi connectivity index (χ1n) is 5.94. The SMILES string of the molecule is CCNC(=O)Cn1cnc2sc(C(=O)O)c(C)c2c1=O. The molecule has 0 atom stereocenters. The first-order chi connectivity index (χ1) is 9.45. The molecule has 7 nitrogen and oxygen atoms in total. The van der Waals surface area contributed by atoms with Crippen molar-refractivity contribution >= 4 is 33.4 Å². The van der Waals surface area contributed by atoms with E-state index in [1.165, 1.54) is 10.9 Å². The number of likely N-dealkylation sites (N-methyl/N-ethyl adjacent to an activating group) is 1. The summed E-state index contributed by atoms with van der Waals surface area (Å²) < 4.78 is 1.18. The van der Waals surface area contributed by atoms with Crippen LogP contribution in [-0.4, -0.2) is 33.1 Å². The normalized spacial score (nSPS) is 10.7. The molecule has 0 saturated heterocycles. The predicted molar refractivity (Wildman–Crippen MR) is 74.3 cm³/mol. The third-order valence-corrected chi connectivity index (χ3v) is 3.99. The van der Waals surface area contributed by atoms with Gasteiger partial charge in [-0.15, -0.1) is 11.3 Å². The Bertz CT molecular complexity index is 747. The molecule has 0 bridgehead atoms. The quantitative estimate of drug-likeness (QED) is 0.860. The molecule has 0 aliphatic carbocycles. The van der Waals surface area contributed by atoms with E-state index in [0.717, 1.165) is 11.3 Å². The third kappa shape index (κ3) is 2.42. The van der Waals surface area contributed by atoms with Crippen molar-refractivity contribution in [3.8, 4) is 0 Å². The van der Waals surface area contributed by atoms with Gasteiger partial charge in [-0.3, -0.25) is 14.2 Å². The molecule has 106 valence electrons. The van der Waals surface area contributed by atoms with Gasteiger partial charge in [0.05, 0.1) is 11.7 Å². The Kier molecular flexibility index (Phi) is 3.84. The van der Waals surface area contributed by atoms with Crippen molar-refractivity contribution in [3.05, 3.63) is 27.1 Å². The van der Waals surface area contributed by atoms with Gasteiger partial charge >= 0.3 is 5.97 Å². The van der Waals surface area contributed by atoms with Gasteiger partial charge in [-0.1, -0.05) is 0 Å². The Balaban J connectivity index is 2.53. The highest BCUT2D eigenvalue weighted by Crippen LogP contribution is 2.26. The van der Waals surface area contributed by atoms with E-state index < -0.39 is 11.5 Å². The zero-order valence-electron chi connectivity index (χ0n) is 11.0. The molecule has 2 heterocycles. The molecular formula is C12H13N3O4S. The predicted octanol–water partition coefficient (Wildman–Crippen LogP) is 0.601. The molecule has 1 amide bonds. The van der Waals surface area contributed by atoms with Crippen molar-refractivity contribution in [2.45, 2.75) is 20.4 Å². The molecule has 20 heavy (non-hydrogen) atoms. The first kappa shape index (κ1) is 14.2. The molecule has 0 aliphatic heterocycles. The summed E-state index contributed by atoms with van der Waals surface area (Å²) in [7, 11) is 0. The summed E-state index contributed by atoms with van der Waals surface area (Å²) >= 11 is 0.959. The molecule has 0 aliphatic rings. The highest BCUT2D eigenvalue weighted by atomic mass is 32.1. The van der Waals surface area contributed by atoms with Gasteiger partial charge in [-0.05, 0) is 19.4 Å². The zero-order valence-corrected chi connectivity index (χ0v) is 11.8. The Morgan fingerprint density at radius 1 is 1.50 bits per heavy atom. The fourth-order valence-electron chi connectivity index (χ4n) is 1.88. The minimum absolute atomic E-state index is 0.0976. The average molecular weight is 295 g/mol. The molecule has 0 unspecified atom stereocenters. The van der Waals surface area contributed by atoms with Gasteiger partial charge in [-0.25, -0.2) is 9.78 Å². The van der Waals surface area contributed by atoms with Crippen LogP contribution in [0.5, 0.6) is 0 Å². The largest absolute Gasteiger partial charge is 0.477 e. The van der Waals surface area contributed by atoms with E-state index in [-0.39, 0.29) is 22.7 Å². The average Bonchev–Trinajstić information content (AvgIpc) is 2.71. The van der Waals surface area contributed by atoms with Crippen LogP contribution in [0.25, 0.3) is 10.2 Å². The summed E-state index contributed by atoms with van der Waals surface area (Å²) in [6, 6.07) is 0. The number of carbonyl (C=O) groups is 2. The Labute approximate surface area is 117 Å². The van der Waals surface area contributed by atoms with Gasteiger partial charge in [0.2, 0.25) is 5.91 Å². The Hall–Kier alpha value is -2.22. The summed E-state index contributed by atoms with van der Waals surface area (Å²) in [5.74, 6) is -1.37. The van der Waals surface area contributed by atoms with Gasteiger partial charge in [0, 0.05) is 6.54 Å². The number of hydrogen-bond donors (Lipinski definition) is 2. The van der Waals surface area contributed by atoms with Crippen LogP contribution in [-0.2, 0) is 11.3 Å². The Morgan fingerprint density at radius 2 is 2.20 bits per heavy atom. The summed E-state index contributed by atoms with van der Waals surface area (Å²) in [6.45, 7) is 3.70. The number of amides is 1. The molecule has 2 aromatic rings. The lowest BCUT2D eigenvalue weighted by Gasteiger charge is -2.05. The maximum atomic E-state index is 12.3. The van der Waals surface area contributed by atoms with Gasteiger partial charge < -0.3 is 10.4 Å². The van der Waals surface area contributed by atoms with Crippen molar-refractivity contribution in [1.29, 1.82) is 0 Å². The van der Waals surface area contributed by atoms with Gasteiger partial charge in [0.1, 0.15) is 16.3 Å². The number of carbonyl (C=O) groups excluding carboxylic acids is 1. The van der Waals surface area contributed by atoms with E-state index in [1.54, 1.807) is 13.8 Å². The number of fused-ring (bicyclic) bond motifs is 1. The van der Waals surface area contributed by atoms with Gasteiger partial charge in [0.15, 0.2) is 0 Å². The summed E-state index contributed by atoms with van der Waals surface area (Å²) in [5.41, 5.74) is -0.0113. The second-order valence-electron chi connectivity index (χ2n) is 4.17. The molecule has 0 fully saturated rings. The fraction of sp³-hybridized carbons (Fsp3) is 0.333. The van der Waals surface area contributed by atoms with Crippen molar-refractivity contribution in [1.82, 2.24) is 14.9 Å². The fourth-order valence-corrected chi connectivity index (χ4v) is 2.86. The number of thiophene rings is 1. The first-order valence-corrected chi connectivity index (χ1v) is 6.75. The van der Waals surface area contributed by atoms with Gasteiger partial charge in [0.25, 0.3) is 5.56 Å². The number of hydrogen-bond acceptors (Lipinski definition) is 5. The van der Waals surface area contributed by atoms with Crippen LogP contribution >= 0.6 is 11.3 Å². The number of rotatable bonds is 4. The molecule has 2 N–H and O–H groups in total. The molecule has 0 aromatic carbocycles. The summed E-state index contributed by atoms with van der Waals surface area (Å²) in [6.07, 6.45) is 1.27. The number of nitrogens with zero attached hydrogens (tertiary/aromatic N) is 2. The molecule has 0 saturated carbocycles. The van der Waals surface area contributed by atoms with E-state index in [1.807, 2.05) is 0 Å². The number of nitrogens with one attached hydrogen (secondary N) is 1. The second-order valence-corrected chi connectivity index (χ2v) is 5.17. The van der Waals surface area contributed by atoms with Crippen molar-refractivity contribution in [2.75, 3.05) is 6.54 Å².